The molecule has 0 spiro atoms. The predicted molar refractivity (Wildman–Crippen MR) is 73.6 cm³/mol. The fraction of sp³-hybridized carbons (Fsp3) is 0.750. The highest BCUT2D eigenvalue weighted by Gasteiger charge is 2.26. The third kappa shape index (κ3) is 2.87. The summed E-state index contributed by atoms with van der Waals surface area (Å²) in [5.74, 6) is 1.11. The molecule has 2 heterocycles. The van der Waals surface area contributed by atoms with Crippen molar-refractivity contribution in [2.45, 2.75) is 32.7 Å². The maximum absolute atomic E-state index is 12.5. The van der Waals surface area contributed by atoms with Gasteiger partial charge in [0, 0.05) is 19.0 Å². The van der Waals surface area contributed by atoms with Crippen LogP contribution in [0, 0.1) is 4.77 Å². The number of morpholine rings is 1. The predicted octanol–water partition coefficient (Wildman–Crippen LogP) is 1.48. The molecule has 1 saturated heterocycles. The van der Waals surface area contributed by atoms with Gasteiger partial charge >= 0.3 is 0 Å². The molecule has 0 bridgehead atoms. The van der Waals surface area contributed by atoms with Crippen LogP contribution in [-0.2, 0) is 9.53 Å². The summed E-state index contributed by atoms with van der Waals surface area (Å²) in [5.41, 5.74) is 0. The van der Waals surface area contributed by atoms with Gasteiger partial charge in [-0.25, -0.2) is 0 Å². The van der Waals surface area contributed by atoms with E-state index < -0.39 is 0 Å². The SMILES string of the molecule is CC(C)c1n[nH]c(=S)n1C(C)C(=O)N1CCOCC1. The largest absolute Gasteiger partial charge is 0.378 e. The first kappa shape index (κ1) is 14.2. The van der Waals surface area contributed by atoms with Gasteiger partial charge in [-0.3, -0.25) is 14.5 Å². The minimum atomic E-state index is -0.332. The number of hydrogen-bond acceptors (Lipinski definition) is 4. The maximum Gasteiger partial charge on any atom is 0.245 e. The molecule has 1 fully saturated rings. The van der Waals surface area contributed by atoms with Gasteiger partial charge in [-0.05, 0) is 19.1 Å². The van der Waals surface area contributed by atoms with Gasteiger partial charge in [0.2, 0.25) is 5.91 Å². The number of amides is 1. The average molecular weight is 284 g/mol. The van der Waals surface area contributed by atoms with Crippen LogP contribution in [0.4, 0.5) is 0 Å². The number of aromatic amines is 1. The Balaban J connectivity index is 2.23. The lowest BCUT2D eigenvalue weighted by Crippen LogP contribution is -2.44. The molecule has 1 amide bonds. The highest BCUT2D eigenvalue weighted by Crippen LogP contribution is 2.19. The third-order valence-corrected chi connectivity index (χ3v) is 3.60. The summed E-state index contributed by atoms with van der Waals surface area (Å²) in [5, 5.41) is 6.99. The number of carbonyl (C=O) groups is 1. The van der Waals surface area contributed by atoms with Crippen molar-refractivity contribution < 1.29 is 9.53 Å². The summed E-state index contributed by atoms with van der Waals surface area (Å²) in [6.07, 6.45) is 0. The molecular formula is C12H20N4O2S. The number of rotatable bonds is 3. The van der Waals surface area contributed by atoms with Crippen molar-refractivity contribution in [3.63, 3.8) is 0 Å². The molecule has 1 aliphatic heterocycles. The van der Waals surface area contributed by atoms with E-state index in [1.165, 1.54) is 0 Å². The van der Waals surface area contributed by atoms with Gasteiger partial charge in [-0.1, -0.05) is 13.8 Å². The molecule has 1 atom stereocenters. The Labute approximate surface area is 117 Å². The van der Waals surface area contributed by atoms with Crippen LogP contribution in [0.2, 0.25) is 0 Å². The quantitative estimate of drug-likeness (QED) is 0.854. The first-order chi connectivity index (χ1) is 9.02. The van der Waals surface area contributed by atoms with E-state index in [1.54, 1.807) is 0 Å². The molecule has 1 aliphatic rings. The van der Waals surface area contributed by atoms with Crippen LogP contribution in [0.25, 0.3) is 0 Å². The van der Waals surface area contributed by atoms with Gasteiger partial charge in [-0.2, -0.15) is 5.10 Å². The van der Waals surface area contributed by atoms with Gasteiger partial charge in [0.25, 0.3) is 0 Å². The summed E-state index contributed by atoms with van der Waals surface area (Å²) in [4.78, 5) is 14.3. The maximum atomic E-state index is 12.5. The summed E-state index contributed by atoms with van der Waals surface area (Å²) in [7, 11) is 0. The minimum Gasteiger partial charge on any atom is -0.378 e. The molecule has 0 aliphatic carbocycles. The fourth-order valence-corrected chi connectivity index (χ4v) is 2.55. The van der Waals surface area contributed by atoms with Gasteiger partial charge in [-0.15, -0.1) is 0 Å². The number of carbonyl (C=O) groups excluding carboxylic acids is 1. The second kappa shape index (κ2) is 5.83. The molecule has 0 aromatic carbocycles. The van der Waals surface area contributed by atoms with Crippen molar-refractivity contribution in [1.29, 1.82) is 0 Å². The molecule has 2 rings (SSSR count). The minimum absolute atomic E-state index is 0.0719. The molecule has 0 saturated carbocycles. The second-order valence-corrected chi connectivity index (χ2v) is 5.41. The number of nitrogens with one attached hydrogen (secondary N) is 1. The van der Waals surface area contributed by atoms with Gasteiger partial charge in [0.1, 0.15) is 11.9 Å². The molecule has 6 nitrogen and oxygen atoms in total. The smallest absolute Gasteiger partial charge is 0.245 e. The van der Waals surface area contributed by atoms with Gasteiger partial charge in [0.15, 0.2) is 4.77 Å². The number of ether oxygens (including phenoxy) is 1. The number of nitrogens with zero attached hydrogens (tertiary/aromatic N) is 3. The van der Waals surface area contributed by atoms with E-state index >= 15 is 0 Å². The number of hydrogen-bond donors (Lipinski definition) is 1. The third-order valence-electron chi connectivity index (χ3n) is 3.32. The normalized spacial score (nSPS) is 17.8. The van der Waals surface area contributed by atoms with Crippen molar-refractivity contribution in [3.05, 3.63) is 10.6 Å². The second-order valence-electron chi connectivity index (χ2n) is 5.03. The van der Waals surface area contributed by atoms with Crippen LogP contribution in [-0.4, -0.2) is 51.9 Å². The van der Waals surface area contributed by atoms with E-state index in [-0.39, 0.29) is 17.9 Å². The van der Waals surface area contributed by atoms with Crippen molar-refractivity contribution in [3.8, 4) is 0 Å². The van der Waals surface area contributed by atoms with E-state index in [9.17, 15) is 4.79 Å². The van der Waals surface area contributed by atoms with Crippen molar-refractivity contribution in [2.24, 2.45) is 0 Å². The first-order valence-electron chi connectivity index (χ1n) is 6.55. The van der Waals surface area contributed by atoms with Crippen molar-refractivity contribution >= 4 is 18.1 Å². The Bertz CT molecular complexity index is 502. The standard InChI is InChI=1S/C12H20N4O2S/c1-8(2)10-13-14-12(19)16(10)9(3)11(17)15-4-6-18-7-5-15/h8-9H,4-7H2,1-3H3,(H,14,19). The van der Waals surface area contributed by atoms with E-state index in [4.69, 9.17) is 17.0 Å². The summed E-state index contributed by atoms with van der Waals surface area (Å²) in [6, 6.07) is -0.332. The van der Waals surface area contributed by atoms with Crippen LogP contribution in [0.5, 0.6) is 0 Å². The lowest BCUT2D eigenvalue weighted by Gasteiger charge is -2.30. The molecule has 106 valence electrons. The Morgan fingerprint density at radius 3 is 2.58 bits per heavy atom. The zero-order valence-corrected chi connectivity index (χ0v) is 12.4. The number of H-pyrrole nitrogens is 1. The molecule has 7 heteroatoms. The van der Waals surface area contributed by atoms with Gasteiger partial charge in [0.05, 0.1) is 13.2 Å². The lowest BCUT2D eigenvalue weighted by molar-refractivity contribution is -0.138. The molecular weight excluding hydrogens is 264 g/mol. The topological polar surface area (TPSA) is 63.2 Å². The molecule has 19 heavy (non-hydrogen) atoms. The number of aromatic nitrogens is 3. The molecule has 1 unspecified atom stereocenters. The Kier molecular flexibility index (Phi) is 4.36. The zero-order valence-electron chi connectivity index (χ0n) is 11.5. The highest BCUT2D eigenvalue weighted by molar-refractivity contribution is 7.71. The van der Waals surface area contributed by atoms with Crippen molar-refractivity contribution in [2.75, 3.05) is 26.3 Å². The first-order valence-corrected chi connectivity index (χ1v) is 6.96. The van der Waals surface area contributed by atoms with Crippen LogP contribution in [0.15, 0.2) is 0 Å². The summed E-state index contributed by atoms with van der Waals surface area (Å²) < 4.78 is 7.58. The van der Waals surface area contributed by atoms with E-state index in [2.05, 4.69) is 10.2 Å². The summed E-state index contributed by atoms with van der Waals surface area (Å²) in [6.45, 7) is 8.44. The van der Waals surface area contributed by atoms with E-state index in [1.807, 2.05) is 30.2 Å². The Hall–Kier alpha value is -1.21. The summed E-state index contributed by atoms with van der Waals surface area (Å²) >= 11 is 5.24. The molecule has 1 aromatic heterocycles. The Morgan fingerprint density at radius 2 is 2.00 bits per heavy atom. The molecule has 1 N–H and O–H groups in total. The van der Waals surface area contributed by atoms with Crippen LogP contribution in [0.3, 0.4) is 0 Å². The average Bonchev–Trinajstić information content (AvgIpc) is 2.80. The Morgan fingerprint density at radius 1 is 1.37 bits per heavy atom. The fourth-order valence-electron chi connectivity index (χ4n) is 2.26. The van der Waals surface area contributed by atoms with Crippen LogP contribution >= 0.6 is 12.2 Å². The molecule has 1 aromatic rings. The van der Waals surface area contributed by atoms with E-state index in [0.29, 0.717) is 31.1 Å². The highest BCUT2D eigenvalue weighted by atomic mass is 32.1. The van der Waals surface area contributed by atoms with Crippen LogP contribution < -0.4 is 0 Å². The van der Waals surface area contributed by atoms with E-state index in [0.717, 1.165) is 5.82 Å². The monoisotopic (exact) mass is 284 g/mol. The zero-order chi connectivity index (χ0) is 14.0. The lowest BCUT2D eigenvalue weighted by atomic mass is 10.2. The van der Waals surface area contributed by atoms with Gasteiger partial charge < -0.3 is 9.64 Å². The van der Waals surface area contributed by atoms with Crippen molar-refractivity contribution in [1.82, 2.24) is 19.7 Å². The molecule has 0 radical (unpaired) electrons. The van der Waals surface area contributed by atoms with Crippen LogP contribution in [0.1, 0.15) is 38.6 Å².